The van der Waals surface area contributed by atoms with Crippen LogP contribution in [0.15, 0.2) is 24.3 Å². The molecule has 22 heavy (non-hydrogen) atoms. The lowest BCUT2D eigenvalue weighted by atomic mass is 10.1. The predicted molar refractivity (Wildman–Crippen MR) is 89.6 cm³/mol. The second-order valence-corrected chi connectivity index (χ2v) is 6.15. The molecule has 0 saturated carbocycles. The van der Waals surface area contributed by atoms with Crippen LogP contribution in [0.25, 0.3) is 0 Å². The maximum atomic E-state index is 12.5. The third-order valence-electron chi connectivity index (χ3n) is 3.44. The number of nitrogens with one attached hydrogen (secondary N) is 1. The Hall–Kier alpha value is -1.55. The number of benzene rings is 1. The van der Waals surface area contributed by atoms with Crippen molar-refractivity contribution in [1.29, 1.82) is 0 Å². The number of carbonyl (C=O) groups excluding carboxylic acids is 2. The Morgan fingerprint density at radius 2 is 1.77 bits per heavy atom. The second-order valence-electron chi connectivity index (χ2n) is 5.71. The molecule has 0 saturated heterocycles. The average Bonchev–Trinajstić information content (AvgIpc) is 2.50. The van der Waals surface area contributed by atoms with Gasteiger partial charge in [-0.3, -0.25) is 9.59 Å². The van der Waals surface area contributed by atoms with Gasteiger partial charge in [0.25, 0.3) is 0 Å². The number of carbonyl (C=O) groups is 2. The van der Waals surface area contributed by atoms with Crippen molar-refractivity contribution in [3.05, 3.63) is 34.9 Å². The molecule has 1 unspecified atom stereocenters. The first-order valence-electron chi connectivity index (χ1n) is 7.69. The van der Waals surface area contributed by atoms with Crippen LogP contribution in [0.5, 0.6) is 0 Å². The summed E-state index contributed by atoms with van der Waals surface area (Å²) < 4.78 is 0. The monoisotopic (exact) mass is 324 g/mol. The summed E-state index contributed by atoms with van der Waals surface area (Å²) in [5, 5.41) is 3.50. The Morgan fingerprint density at radius 3 is 2.27 bits per heavy atom. The highest BCUT2D eigenvalue weighted by molar-refractivity contribution is 6.30. The third kappa shape index (κ3) is 5.34. The summed E-state index contributed by atoms with van der Waals surface area (Å²) in [5.74, 6) is -0.312. The zero-order valence-electron chi connectivity index (χ0n) is 13.7. The highest BCUT2D eigenvalue weighted by Gasteiger charge is 2.27. The molecule has 1 aromatic rings. The molecule has 1 rings (SSSR count). The first kappa shape index (κ1) is 18.5. The van der Waals surface area contributed by atoms with Gasteiger partial charge in [-0.05, 0) is 31.0 Å². The summed E-state index contributed by atoms with van der Waals surface area (Å²) in [7, 11) is 0. The van der Waals surface area contributed by atoms with Crippen LogP contribution in [0.3, 0.4) is 0 Å². The van der Waals surface area contributed by atoms with E-state index >= 15 is 0 Å². The van der Waals surface area contributed by atoms with Gasteiger partial charge in [0.15, 0.2) is 0 Å². The summed E-state index contributed by atoms with van der Waals surface area (Å²) in [6, 6.07) is 6.82. The number of hydrogen-bond acceptors (Lipinski definition) is 2. The van der Waals surface area contributed by atoms with E-state index in [-0.39, 0.29) is 17.7 Å². The molecule has 0 aliphatic rings. The van der Waals surface area contributed by atoms with E-state index < -0.39 is 6.04 Å². The Balaban J connectivity index is 2.90. The molecular weight excluding hydrogens is 300 g/mol. The van der Waals surface area contributed by atoms with Crippen molar-refractivity contribution >= 4 is 23.4 Å². The second kappa shape index (κ2) is 8.79. The largest absolute Gasteiger partial charge is 0.354 e. The summed E-state index contributed by atoms with van der Waals surface area (Å²) in [4.78, 5) is 26.3. The molecule has 0 aliphatic carbocycles. The standard InChI is InChI=1S/C17H25ClN2O2/c1-5-10-19-16(21)13(4)20(17(22)12(2)3)11-14-6-8-15(18)9-7-14/h6-9,12-13H,5,10-11H2,1-4H3,(H,19,21). The molecule has 0 aliphatic heterocycles. The first-order valence-corrected chi connectivity index (χ1v) is 8.07. The van der Waals surface area contributed by atoms with Gasteiger partial charge in [0.1, 0.15) is 6.04 Å². The highest BCUT2D eigenvalue weighted by atomic mass is 35.5. The molecule has 1 N–H and O–H groups in total. The topological polar surface area (TPSA) is 49.4 Å². The van der Waals surface area contributed by atoms with Crippen LogP contribution in [0.1, 0.15) is 39.7 Å². The van der Waals surface area contributed by atoms with E-state index in [1.165, 1.54) is 0 Å². The Morgan fingerprint density at radius 1 is 1.18 bits per heavy atom. The van der Waals surface area contributed by atoms with Crippen LogP contribution in [0.4, 0.5) is 0 Å². The van der Waals surface area contributed by atoms with Crippen LogP contribution in [0.2, 0.25) is 5.02 Å². The fourth-order valence-electron chi connectivity index (χ4n) is 2.06. The van der Waals surface area contributed by atoms with Crippen LogP contribution < -0.4 is 5.32 Å². The molecule has 0 spiro atoms. The Bertz CT molecular complexity index is 500. The highest BCUT2D eigenvalue weighted by Crippen LogP contribution is 2.15. The van der Waals surface area contributed by atoms with E-state index in [1.807, 2.05) is 32.9 Å². The third-order valence-corrected chi connectivity index (χ3v) is 3.69. The summed E-state index contributed by atoms with van der Waals surface area (Å²) >= 11 is 5.89. The van der Waals surface area contributed by atoms with Crippen molar-refractivity contribution in [2.24, 2.45) is 5.92 Å². The molecule has 0 heterocycles. The van der Waals surface area contributed by atoms with E-state index in [4.69, 9.17) is 11.6 Å². The van der Waals surface area contributed by atoms with E-state index in [1.54, 1.807) is 24.0 Å². The van der Waals surface area contributed by atoms with Gasteiger partial charge in [0.2, 0.25) is 11.8 Å². The molecule has 2 amide bonds. The lowest BCUT2D eigenvalue weighted by molar-refractivity contribution is -0.143. The predicted octanol–water partition coefficient (Wildman–Crippen LogP) is 3.24. The Labute approximate surface area is 137 Å². The van der Waals surface area contributed by atoms with Crippen LogP contribution in [0, 0.1) is 5.92 Å². The number of nitrogens with zero attached hydrogens (tertiary/aromatic N) is 1. The zero-order valence-corrected chi connectivity index (χ0v) is 14.5. The van der Waals surface area contributed by atoms with E-state index in [0.29, 0.717) is 18.1 Å². The van der Waals surface area contributed by atoms with E-state index in [9.17, 15) is 9.59 Å². The van der Waals surface area contributed by atoms with Gasteiger partial charge in [0.05, 0.1) is 0 Å². The van der Waals surface area contributed by atoms with Gasteiger partial charge < -0.3 is 10.2 Å². The maximum absolute atomic E-state index is 12.5. The average molecular weight is 325 g/mol. The van der Waals surface area contributed by atoms with Gasteiger partial charge >= 0.3 is 0 Å². The van der Waals surface area contributed by atoms with Gasteiger partial charge in [0, 0.05) is 24.0 Å². The number of amides is 2. The molecule has 0 bridgehead atoms. The first-order chi connectivity index (χ1) is 10.4. The van der Waals surface area contributed by atoms with Crippen molar-refractivity contribution in [3.8, 4) is 0 Å². The molecule has 5 heteroatoms. The smallest absolute Gasteiger partial charge is 0.242 e. The number of rotatable bonds is 7. The number of halogens is 1. The molecule has 1 aromatic carbocycles. The summed E-state index contributed by atoms with van der Waals surface area (Å²) in [5.41, 5.74) is 0.952. The molecule has 4 nitrogen and oxygen atoms in total. The normalized spacial score (nSPS) is 12.1. The molecular formula is C17H25ClN2O2. The van der Waals surface area contributed by atoms with Crippen molar-refractivity contribution in [2.75, 3.05) is 6.54 Å². The summed E-state index contributed by atoms with van der Waals surface area (Å²) in [6.45, 7) is 8.46. The van der Waals surface area contributed by atoms with Crippen molar-refractivity contribution in [3.63, 3.8) is 0 Å². The molecule has 0 radical (unpaired) electrons. The molecule has 1 atom stereocenters. The Kier molecular flexibility index (Phi) is 7.39. The lowest BCUT2D eigenvalue weighted by Gasteiger charge is -2.30. The molecule has 0 aromatic heterocycles. The number of hydrogen-bond donors (Lipinski definition) is 1. The fourth-order valence-corrected chi connectivity index (χ4v) is 2.19. The fraction of sp³-hybridized carbons (Fsp3) is 0.529. The van der Waals surface area contributed by atoms with Crippen molar-refractivity contribution < 1.29 is 9.59 Å². The minimum atomic E-state index is -0.503. The van der Waals surface area contributed by atoms with Crippen LogP contribution >= 0.6 is 11.6 Å². The maximum Gasteiger partial charge on any atom is 0.242 e. The lowest BCUT2D eigenvalue weighted by Crippen LogP contribution is -2.49. The molecule has 0 fully saturated rings. The minimum absolute atomic E-state index is 0.0332. The summed E-state index contributed by atoms with van der Waals surface area (Å²) in [6.07, 6.45) is 0.869. The quantitative estimate of drug-likeness (QED) is 0.837. The zero-order chi connectivity index (χ0) is 16.7. The van der Waals surface area contributed by atoms with Crippen LogP contribution in [-0.2, 0) is 16.1 Å². The van der Waals surface area contributed by atoms with Gasteiger partial charge in [-0.15, -0.1) is 0 Å². The minimum Gasteiger partial charge on any atom is -0.354 e. The van der Waals surface area contributed by atoms with E-state index in [0.717, 1.165) is 12.0 Å². The van der Waals surface area contributed by atoms with Gasteiger partial charge in [-0.2, -0.15) is 0 Å². The van der Waals surface area contributed by atoms with Crippen LogP contribution in [-0.4, -0.2) is 29.3 Å². The van der Waals surface area contributed by atoms with Gasteiger partial charge in [-0.25, -0.2) is 0 Å². The van der Waals surface area contributed by atoms with Gasteiger partial charge in [-0.1, -0.05) is 44.5 Å². The van der Waals surface area contributed by atoms with Crippen molar-refractivity contribution in [2.45, 2.75) is 46.7 Å². The van der Waals surface area contributed by atoms with E-state index in [2.05, 4.69) is 5.32 Å². The SMILES string of the molecule is CCCNC(=O)C(C)N(Cc1ccc(Cl)cc1)C(=O)C(C)C. The molecule has 122 valence electrons. The van der Waals surface area contributed by atoms with Crippen molar-refractivity contribution in [1.82, 2.24) is 10.2 Å².